The maximum absolute atomic E-state index is 12.8. The highest BCUT2D eigenvalue weighted by molar-refractivity contribution is 5.69. The summed E-state index contributed by atoms with van der Waals surface area (Å²) in [5, 5.41) is 0. The summed E-state index contributed by atoms with van der Waals surface area (Å²) in [5.41, 5.74) is 2.48. The molecule has 4 aliphatic carbocycles. The van der Waals surface area contributed by atoms with Gasteiger partial charge >= 0.3 is 5.97 Å². The zero-order chi connectivity index (χ0) is 35.1. The first-order valence-corrected chi connectivity index (χ1v) is 21.2. The van der Waals surface area contributed by atoms with Crippen molar-refractivity contribution in [3.8, 4) is 0 Å². The minimum Gasteiger partial charge on any atom is -0.462 e. The Morgan fingerprint density at radius 3 is 2.14 bits per heavy atom. The number of unbranched alkanes of at least 4 members (excludes halogenated alkanes) is 4. The average Bonchev–Trinajstić information content (AvgIpc) is 3.43. The van der Waals surface area contributed by atoms with E-state index in [1.807, 2.05) is 0 Å². The fourth-order valence-electron chi connectivity index (χ4n) is 10.9. The second-order valence-corrected chi connectivity index (χ2v) is 17.6. The normalized spacial score (nSPS) is 32.2. The SMILES string of the molecule is CCCCC/C=C\C/C=C\C/C=C\C/C=C\CCCC(=O)O[C@H]1CC[C@@]2(C)C(=CC[C@H]3[C@@H]4CC[C@H](C(C)CCCC(C)C)[C@@]4(C)CC[C@@H]32)C1. The lowest BCUT2D eigenvalue weighted by molar-refractivity contribution is -0.151. The first kappa shape index (κ1) is 39.9. The Morgan fingerprint density at radius 1 is 0.796 bits per heavy atom. The van der Waals surface area contributed by atoms with Crippen LogP contribution in [0.1, 0.15) is 176 Å². The van der Waals surface area contributed by atoms with Gasteiger partial charge in [-0.2, -0.15) is 0 Å². The van der Waals surface area contributed by atoms with Gasteiger partial charge in [-0.05, 0) is 136 Å². The number of allylic oxidation sites excluding steroid dienone is 9. The molecule has 0 saturated heterocycles. The minimum atomic E-state index is 0.00622. The Hall–Kier alpha value is -1.83. The molecule has 0 aliphatic heterocycles. The molecule has 3 fully saturated rings. The molecular formula is C47H76O2. The molecule has 49 heavy (non-hydrogen) atoms. The van der Waals surface area contributed by atoms with Crippen molar-refractivity contribution >= 4 is 5.97 Å². The zero-order valence-corrected chi connectivity index (χ0v) is 32.9. The molecule has 0 aromatic rings. The molecule has 0 N–H and O–H groups in total. The van der Waals surface area contributed by atoms with Crippen molar-refractivity contribution in [3.05, 3.63) is 60.3 Å². The number of hydrogen-bond donors (Lipinski definition) is 0. The third kappa shape index (κ3) is 11.3. The van der Waals surface area contributed by atoms with Gasteiger partial charge in [0.15, 0.2) is 0 Å². The molecule has 0 amide bonds. The second-order valence-electron chi connectivity index (χ2n) is 17.6. The lowest BCUT2D eigenvalue weighted by atomic mass is 9.47. The predicted octanol–water partition coefficient (Wildman–Crippen LogP) is 14.1. The van der Waals surface area contributed by atoms with Gasteiger partial charge in [0.05, 0.1) is 0 Å². The molecule has 4 rings (SSSR count). The van der Waals surface area contributed by atoms with E-state index in [9.17, 15) is 4.79 Å². The van der Waals surface area contributed by atoms with Gasteiger partial charge < -0.3 is 4.74 Å². The van der Waals surface area contributed by atoms with Crippen LogP contribution in [0.15, 0.2) is 60.3 Å². The first-order chi connectivity index (χ1) is 23.7. The van der Waals surface area contributed by atoms with Crippen molar-refractivity contribution < 1.29 is 9.53 Å². The molecule has 1 unspecified atom stereocenters. The van der Waals surface area contributed by atoms with E-state index in [0.717, 1.165) is 80.5 Å². The molecule has 4 aliphatic rings. The van der Waals surface area contributed by atoms with Gasteiger partial charge in [0.25, 0.3) is 0 Å². The van der Waals surface area contributed by atoms with Crippen molar-refractivity contribution in [2.45, 2.75) is 182 Å². The van der Waals surface area contributed by atoms with Crippen LogP contribution < -0.4 is 0 Å². The van der Waals surface area contributed by atoms with Crippen molar-refractivity contribution in [2.24, 2.45) is 46.3 Å². The Bertz CT molecular complexity index is 1140. The van der Waals surface area contributed by atoms with Crippen LogP contribution in [-0.2, 0) is 9.53 Å². The van der Waals surface area contributed by atoms with Gasteiger partial charge in [0.2, 0.25) is 0 Å². The molecule has 2 nitrogen and oxygen atoms in total. The largest absolute Gasteiger partial charge is 0.462 e. The molecule has 2 heteroatoms. The van der Waals surface area contributed by atoms with Gasteiger partial charge in [0.1, 0.15) is 6.10 Å². The first-order valence-electron chi connectivity index (χ1n) is 21.2. The number of esters is 1. The average molecular weight is 673 g/mol. The third-order valence-electron chi connectivity index (χ3n) is 13.8. The maximum atomic E-state index is 12.8. The van der Waals surface area contributed by atoms with Crippen molar-refractivity contribution in [1.82, 2.24) is 0 Å². The molecule has 276 valence electrons. The summed E-state index contributed by atoms with van der Waals surface area (Å²) in [6.07, 6.45) is 45.7. The Balaban J connectivity index is 1.13. The lowest BCUT2D eigenvalue weighted by Gasteiger charge is -2.58. The number of hydrogen-bond acceptors (Lipinski definition) is 2. The molecule has 0 aromatic heterocycles. The summed E-state index contributed by atoms with van der Waals surface area (Å²) in [6.45, 7) is 14.9. The number of fused-ring (bicyclic) bond motifs is 5. The van der Waals surface area contributed by atoms with E-state index in [1.165, 1.54) is 83.5 Å². The van der Waals surface area contributed by atoms with Crippen LogP contribution in [0.4, 0.5) is 0 Å². The van der Waals surface area contributed by atoms with Gasteiger partial charge in [-0.15, -0.1) is 0 Å². The van der Waals surface area contributed by atoms with E-state index in [-0.39, 0.29) is 12.1 Å². The van der Waals surface area contributed by atoms with Crippen molar-refractivity contribution in [1.29, 1.82) is 0 Å². The quantitative estimate of drug-likeness (QED) is 0.0731. The van der Waals surface area contributed by atoms with E-state index in [1.54, 1.807) is 5.57 Å². The van der Waals surface area contributed by atoms with E-state index >= 15 is 0 Å². The fourth-order valence-corrected chi connectivity index (χ4v) is 10.9. The molecule has 0 heterocycles. The standard InChI is InChI=1S/C47H76O2/c1-7-8-9-10-11-12-13-14-15-16-17-18-19-20-21-22-23-27-45(48)49-40-32-34-46(5)39(36-40)28-29-41-43-31-30-42(38(4)26-24-25-37(2)3)47(43,6)35-33-44(41)46/h11-12,14-15,17-18,20-21,28,37-38,40-44H,7-10,13,16,19,22-27,29-36H2,1-6H3/b12-11-,15-14-,18-17-,21-20-/t38?,40-,41-,42+,43-,44-,46-,47+/m0/s1. The topological polar surface area (TPSA) is 26.3 Å². The molecule has 3 saturated carbocycles. The summed E-state index contributed by atoms with van der Waals surface area (Å²) >= 11 is 0. The lowest BCUT2D eigenvalue weighted by Crippen LogP contribution is -2.51. The smallest absolute Gasteiger partial charge is 0.306 e. The van der Waals surface area contributed by atoms with Crippen LogP contribution in [-0.4, -0.2) is 12.1 Å². The number of rotatable bonds is 20. The molecule has 8 atom stereocenters. The van der Waals surface area contributed by atoms with E-state index in [4.69, 9.17) is 4.74 Å². The predicted molar refractivity (Wildman–Crippen MR) is 211 cm³/mol. The van der Waals surface area contributed by atoms with Gasteiger partial charge in [-0.1, -0.05) is 134 Å². The molecule has 0 radical (unpaired) electrons. The van der Waals surface area contributed by atoms with Crippen LogP contribution in [0, 0.1) is 46.3 Å². The summed E-state index contributed by atoms with van der Waals surface area (Å²) in [5.74, 6) is 5.21. The van der Waals surface area contributed by atoms with E-state index in [0.29, 0.717) is 17.3 Å². The molecular weight excluding hydrogens is 597 g/mol. The monoisotopic (exact) mass is 673 g/mol. The number of ether oxygens (including phenoxy) is 1. The Labute approximate surface area is 303 Å². The number of carbonyl (C=O) groups excluding carboxylic acids is 1. The van der Waals surface area contributed by atoms with Gasteiger partial charge in [-0.25, -0.2) is 0 Å². The highest BCUT2D eigenvalue weighted by Gasteiger charge is 2.59. The summed E-state index contributed by atoms with van der Waals surface area (Å²) in [4.78, 5) is 12.8. The van der Waals surface area contributed by atoms with Crippen molar-refractivity contribution in [3.63, 3.8) is 0 Å². The second kappa shape index (κ2) is 20.3. The van der Waals surface area contributed by atoms with E-state index in [2.05, 4.69) is 96.2 Å². The van der Waals surface area contributed by atoms with Crippen LogP contribution in [0.2, 0.25) is 0 Å². The summed E-state index contributed by atoms with van der Waals surface area (Å²) < 4.78 is 6.10. The van der Waals surface area contributed by atoms with Crippen LogP contribution >= 0.6 is 0 Å². The van der Waals surface area contributed by atoms with Gasteiger partial charge in [0, 0.05) is 12.8 Å². The molecule has 0 aromatic carbocycles. The highest BCUT2D eigenvalue weighted by atomic mass is 16.5. The minimum absolute atomic E-state index is 0.00622. The maximum Gasteiger partial charge on any atom is 0.306 e. The summed E-state index contributed by atoms with van der Waals surface area (Å²) in [6, 6.07) is 0. The Kier molecular flexibility index (Phi) is 16.5. The van der Waals surface area contributed by atoms with Crippen LogP contribution in [0.3, 0.4) is 0 Å². The third-order valence-corrected chi connectivity index (χ3v) is 13.8. The molecule has 0 spiro atoms. The zero-order valence-electron chi connectivity index (χ0n) is 32.9. The Morgan fingerprint density at radius 2 is 1.47 bits per heavy atom. The van der Waals surface area contributed by atoms with Crippen molar-refractivity contribution in [2.75, 3.05) is 0 Å². The van der Waals surface area contributed by atoms with E-state index < -0.39 is 0 Å². The molecule has 0 bridgehead atoms. The fraction of sp³-hybridized carbons (Fsp3) is 0.766. The van der Waals surface area contributed by atoms with Crippen LogP contribution in [0.25, 0.3) is 0 Å². The highest BCUT2D eigenvalue weighted by Crippen LogP contribution is 2.67. The van der Waals surface area contributed by atoms with Crippen LogP contribution in [0.5, 0.6) is 0 Å². The number of carbonyl (C=O) groups is 1. The summed E-state index contributed by atoms with van der Waals surface area (Å²) in [7, 11) is 0. The van der Waals surface area contributed by atoms with Gasteiger partial charge in [-0.3, -0.25) is 4.79 Å².